The molecule has 0 radical (unpaired) electrons. The van der Waals surface area contributed by atoms with Crippen molar-refractivity contribution in [3.63, 3.8) is 0 Å². The number of likely N-dealkylation sites (N-methyl/N-ethyl adjacent to an activating group) is 2. The van der Waals surface area contributed by atoms with Crippen molar-refractivity contribution in [3.05, 3.63) is 78.7 Å². The van der Waals surface area contributed by atoms with E-state index in [-0.39, 0.29) is 11.9 Å². The SMILES string of the molecule is C=CC(=O)Nc1ccc(N2CCN(CC)CC2)cc1NC(C)=N/C=C1/CN(c2cc(CC)cc(NC)c2)C(=O)N(C)C1=C. The molecule has 2 saturated heterocycles. The molecule has 2 aromatic carbocycles. The Morgan fingerprint density at radius 2 is 1.77 bits per heavy atom. The largest absolute Gasteiger partial charge is 0.388 e. The molecule has 2 aliphatic rings. The van der Waals surface area contributed by atoms with Crippen LogP contribution in [0.5, 0.6) is 0 Å². The molecule has 4 rings (SSSR count). The van der Waals surface area contributed by atoms with Gasteiger partial charge in [0, 0.05) is 74.8 Å². The smallest absolute Gasteiger partial charge is 0.329 e. The van der Waals surface area contributed by atoms with Gasteiger partial charge in [-0.1, -0.05) is 27.0 Å². The summed E-state index contributed by atoms with van der Waals surface area (Å²) < 4.78 is 0. The molecule has 10 heteroatoms. The van der Waals surface area contributed by atoms with Gasteiger partial charge >= 0.3 is 6.03 Å². The van der Waals surface area contributed by atoms with E-state index in [1.807, 2.05) is 44.3 Å². The fourth-order valence-electron chi connectivity index (χ4n) is 5.19. The summed E-state index contributed by atoms with van der Waals surface area (Å²) in [5.74, 6) is 0.336. The minimum Gasteiger partial charge on any atom is -0.388 e. The molecule has 0 aromatic heterocycles. The van der Waals surface area contributed by atoms with E-state index < -0.39 is 0 Å². The second-order valence-electron chi connectivity index (χ2n) is 10.7. The summed E-state index contributed by atoms with van der Waals surface area (Å²) in [4.78, 5) is 38.2. The molecule has 43 heavy (non-hydrogen) atoms. The number of aryl methyl sites for hydroxylation is 1. The first kappa shape index (κ1) is 31.4. The highest BCUT2D eigenvalue weighted by atomic mass is 16.2. The average Bonchev–Trinajstić information content (AvgIpc) is 3.03. The van der Waals surface area contributed by atoms with Gasteiger partial charge in [-0.3, -0.25) is 14.6 Å². The van der Waals surface area contributed by atoms with Crippen LogP contribution in [0.3, 0.4) is 0 Å². The molecule has 0 unspecified atom stereocenters. The van der Waals surface area contributed by atoms with Crippen LogP contribution in [0.15, 0.2) is 78.1 Å². The summed E-state index contributed by atoms with van der Waals surface area (Å²) in [5.41, 5.74) is 6.77. The van der Waals surface area contributed by atoms with Gasteiger partial charge in [-0.15, -0.1) is 0 Å². The van der Waals surface area contributed by atoms with Crippen molar-refractivity contribution < 1.29 is 9.59 Å². The summed E-state index contributed by atoms with van der Waals surface area (Å²) in [6.07, 6.45) is 3.86. The number of anilines is 5. The van der Waals surface area contributed by atoms with E-state index >= 15 is 0 Å². The average molecular weight is 585 g/mol. The summed E-state index contributed by atoms with van der Waals surface area (Å²) in [6.45, 7) is 19.2. The minimum atomic E-state index is -0.288. The van der Waals surface area contributed by atoms with E-state index in [1.54, 1.807) is 23.0 Å². The minimum absolute atomic E-state index is 0.143. The van der Waals surface area contributed by atoms with Gasteiger partial charge in [0.1, 0.15) is 5.84 Å². The van der Waals surface area contributed by atoms with Crippen molar-refractivity contribution in [2.45, 2.75) is 27.2 Å². The van der Waals surface area contributed by atoms with E-state index in [4.69, 9.17) is 4.99 Å². The van der Waals surface area contributed by atoms with Crippen LogP contribution in [0.25, 0.3) is 0 Å². The van der Waals surface area contributed by atoms with Gasteiger partial charge in [-0.25, -0.2) is 9.79 Å². The van der Waals surface area contributed by atoms with Crippen molar-refractivity contribution in [2.75, 3.05) is 79.1 Å². The van der Waals surface area contributed by atoms with Crippen LogP contribution in [-0.2, 0) is 11.2 Å². The van der Waals surface area contributed by atoms with Gasteiger partial charge in [0.05, 0.1) is 17.9 Å². The number of nitrogens with one attached hydrogen (secondary N) is 3. The van der Waals surface area contributed by atoms with Crippen LogP contribution in [0.4, 0.5) is 33.2 Å². The Morgan fingerprint density at radius 1 is 1.02 bits per heavy atom. The lowest BCUT2D eigenvalue weighted by molar-refractivity contribution is -0.111. The Labute approximate surface area is 255 Å². The predicted octanol–water partition coefficient (Wildman–Crippen LogP) is 5.36. The fourth-order valence-corrected chi connectivity index (χ4v) is 5.19. The second-order valence-corrected chi connectivity index (χ2v) is 10.7. The zero-order valence-electron chi connectivity index (χ0n) is 26.0. The van der Waals surface area contributed by atoms with Gasteiger partial charge in [0.2, 0.25) is 5.91 Å². The molecule has 0 bridgehead atoms. The van der Waals surface area contributed by atoms with Crippen LogP contribution in [0.2, 0.25) is 0 Å². The number of amides is 3. The molecule has 2 fully saturated rings. The highest BCUT2D eigenvalue weighted by Gasteiger charge is 2.30. The molecule has 0 spiro atoms. The number of piperazine rings is 1. The third-order valence-corrected chi connectivity index (χ3v) is 7.97. The Kier molecular flexibility index (Phi) is 10.3. The monoisotopic (exact) mass is 584 g/mol. The lowest BCUT2D eigenvalue weighted by Gasteiger charge is -2.36. The molecule has 0 saturated carbocycles. The molecule has 2 aromatic rings. The van der Waals surface area contributed by atoms with Gasteiger partial charge in [0.15, 0.2) is 0 Å². The van der Waals surface area contributed by atoms with E-state index in [9.17, 15) is 9.59 Å². The van der Waals surface area contributed by atoms with E-state index in [0.717, 1.165) is 73.0 Å². The van der Waals surface area contributed by atoms with Crippen molar-refractivity contribution in [1.82, 2.24) is 9.80 Å². The standard InChI is InChI=1S/C33H44N8O2/c1-8-25-17-27(34-6)19-29(18-25)41-22-26(23(4)38(7)33(41)43)21-35-24(5)36-31-20-28(11-12-30(31)37-32(42)9-2)40-15-13-39(10-3)14-16-40/h9,11-12,17-21,34H,2,4,8,10,13-16,22H2,1,3,5-7H3,(H,35,36)(H,37,42)/b26-21-. The number of rotatable bonds is 9. The van der Waals surface area contributed by atoms with Crippen LogP contribution in [-0.4, -0.2) is 80.9 Å². The van der Waals surface area contributed by atoms with Gasteiger partial charge in [0.25, 0.3) is 0 Å². The molecule has 10 nitrogen and oxygen atoms in total. The molecule has 3 amide bonds. The predicted molar refractivity (Wildman–Crippen MR) is 179 cm³/mol. The lowest BCUT2D eigenvalue weighted by Crippen LogP contribution is -2.47. The third kappa shape index (κ3) is 7.45. The highest BCUT2D eigenvalue weighted by Crippen LogP contribution is 2.31. The molecule has 0 atom stereocenters. The van der Waals surface area contributed by atoms with E-state index in [1.165, 1.54) is 6.08 Å². The first-order valence-electron chi connectivity index (χ1n) is 14.8. The number of aliphatic imine (C=N–C) groups is 1. The van der Waals surface area contributed by atoms with Gasteiger partial charge < -0.3 is 25.8 Å². The number of urea groups is 1. The molecule has 3 N–H and O–H groups in total. The van der Waals surface area contributed by atoms with Crippen molar-refractivity contribution >= 4 is 46.2 Å². The number of nitrogens with zero attached hydrogens (tertiary/aromatic N) is 5. The number of carbonyl (C=O) groups is 2. The number of amidine groups is 1. The van der Waals surface area contributed by atoms with Gasteiger partial charge in [-0.05, 0) is 67.9 Å². The Balaban J connectivity index is 1.59. The summed E-state index contributed by atoms with van der Waals surface area (Å²) in [6, 6.07) is 11.9. The fraction of sp³-hybridized carbons (Fsp3) is 0.364. The summed E-state index contributed by atoms with van der Waals surface area (Å²) in [7, 11) is 3.60. The Hall–Kier alpha value is -4.57. The number of hydrogen-bond acceptors (Lipinski definition) is 6. The maximum Gasteiger partial charge on any atom is 0.329 e. The van der Waals surface area contributed by atoms with Crippen molar-refractivity contribution in [1.29, 1.82) is 0 Å². The molecule has 0 aliphatic carbocycles. The second kappa shape index (κ2) is 14.1. The molecule has 2 aliphatic heterocycles. The van der Waals surface area contributed by atoms with Crippen LogP contribution in [0.1, 0.15) is 26.3 Å². The topological polar surface area (TPSA) is 95.5 Å². The van der Waals surface area contributed by atoms with E-state index in [2.05, 4.69) is 58.8 Å². The molecule has 2 heterocycles. The van der Waals surface area contributed by atoms with Crippen molar-refractivity contribution in [3.8, 4) is 0 Å². The zero-order chi connectivity index (χ0) is 31.1. The van der Waals surface area contributed by atoms with Crippen LogP contribution >= 0.6 is 0 Å². The van der Waals surface area contributed by atoms with Crippen molar-refractivity contribution in [2.24, 2.45) is 4.99 Å². The molecular weight excluding hydrogens is 540 g/mol. The third-order valence-electron chi connectivity index (χ3n) is 7.97. The highest BCUT2D eigenvalue weighted by molar-refractivity contribution is 6.05. The zero-order valence-corrected chi connectivity index (χ0v) is 26.0. The number of carbonyl (C=O) groups excluding carboxylic acids is 2. The first-order chi connectivity index (χ1) is 20.7. The van der Waals surface area contributed by atoms with Gasteiger partial charge in [-0.2, -0.15) is 0 Å². The number of benzene rings is 2. The maximum atomic E-state index is 13.3. The Morgan fingerprint density at radius 3 is 2.42 bits per heavy atom. The molecule has 228 valence electrons. The number of hydrogen-bond donors (Lipinski definition) is 3. The Bertz CT molecular complexity index is 1420. The van der Waals surface area contributed by atoms with Crippen LogP contribution in [0, 0.1) is 0 Å². The maximum absolute atomic E-state index is 13.3. The summed E-state index contributed by atoms with van der Waals surface area (Å²) in [5, 5.41) is 9.45. The lowest BCUT2D eigenvalue weighted by atomic mass is 10.1. The van der Waals surface area contributed by atoms with E-state index in [0.29, 0.717) is 23.8 Å². The molecular formula is C33H44N8O2. The van der Waals surface area contributed by atoms with Crippen LogP contribution < -0.4 is 25.8 Å². The quantitative estimate of drug-likeness (QED) is 0.209. The summed E-state index contributed by atoms with van der Waals surface area (Å²) >= 11 is 0. The normalized spacial score (nSPS) is 17.4. The first-order valence-corrected chi connectivity index (χ1v) is 14.8.